The second-order valence-electron chi connectivity index (χ2n) is 3.02. The number of nitrogens with one attached hydrogen (secondary N) is 1. The van der Waals surface area contributed by atoms with E-state index in [0.717, 1.165) is 26.7 Å². The van der Waals surface area contributed by atoms with Crippen LogP contribution < -0.4 is 10.5 Å². The monoisotopic (exact) mass is 254 g/mol. The standard InChI is InChI=1S/C10H11BrN2O/c1-14-10-7(11)2-3-8-9(10)6(4-12)5-13-8/h2-3,5,13H,4,12H2,1H3. The van der Waals surface area contributed by atoms with Crippen molar-refractivity contribution in [3.8, 4) is 5.75 Å². The number of rotatable bonds is 2. The van der Waals surface area contributed by atoms with E-state index in [1.54, 1.807) is 7.11 Å². The highest BCUT2D eigenvalue weighted by atomic mass is 79.9. The molecule has 0 saturated carbocycles. The van der Waals surface area contributed by atoms with Crippen LogP contribution in [-0.2, 0) is 6.54 Å². The number of nitrogens with two attached hydrogens (primary N) is 1. The van der Waals surface area contributed by atoms with Crippen LogP contribution in [0.4, 0.5) is 0 Å². The lowest BCUT2D eigenvalue weighted by Crippen LogP contribution is -1.95. The molecule has 0 unspecified atom stereocenters. The van der Waals surface area contributed by atoms with Crippen LogP contribution in [0.5, 0.6) is 5.75 Å². The lowest BCUT2D eigenvalue weighted by Gasteiger charge is -2.05. The van der Waals surface area contributed by atoms with Gasteiger partial charge in [-0.25, -0.2) is 0 Å². The molecule has 0 radical (unpaired) electrons. The van der Waals surface area contributed by atoms with E-state index in [9.17, 15) is 0 Å². The van der Waals surface area contributed by atoms with Gasteiger partial charge in [0.05, 0.1) is 11.6 Å². The quantitative estimate of drug-likeness (QED) is 0.865. The van der Waals surface area contributed by atoms with Crippen molar-refractivity contribution in [1.29, 1.82) is 0 Å². The summed E-state index contributed by atoms with van der Waals surface area (Å²) in [7, 11) is 1.66. The minimum Gasteiger partial charge on any atom is -0.495 e. The van der Waals surface area contributed by atoms with E-state index >= 15 is 0 Å². The van der Waals surface area contributed by atoms with Gasteiger partial charge < -0.3 is 15.5 Å². The van der Waals surface area contributed by atoms with Gasteiger partial charge in [0.15, 0.2) is 0 Å². The highest BCUT2D eigenvalue weighted by Gasteiger charge is 2.10. The van der Waals surface area contributed by atoms with Crippen LogP contribution >= 0.6 is 15.9 Å². The summed E-state index contributed by atoms with van der Waals surface area (Å²) >= 11 is 3.45. The van der Waals surface area contributed by atoms with Crippen LogP contribution in [0.25, 0.3) is 10.9 Å². The third kappa shape index (κ3) is 1.31. The SMILES string of the molecule is COc1c(Br)ccc2[nH]cc(CN)c12. The molecule has 3 N–H and O–H groups in total. The summed E-state index contributed by atoms with van der Waals surface area (Å²) < 4.78 is 6.28. The Morgan fingerprint density at radius 1 is 1.50 bits per heavy atom. The number of H-pyrrole nitrogens is 1. The van der Waals surface area contributed by atoms with E-state index in [-0.39, 0.29) is 0 Å². The van der Waals surface area contributed by atoms with E-state index in [4.69, 9.17) is 10.5 Å². The third-order valence-electron chi connectivity index (χ3n) is 2.26. The summed E-state index contributed by atoms with van der Waals surface area (Å²) in [5.74, 6) is 0.837. The van der Waals surface area contributed by atoms with Crippen molar-refractivity contribution in [2.45, 2.75) is 6.54 Å². The zero-order valence-corrected chi connectivity index (χ0v) is 9.39. The molecule has 1 aromatic carbocycles. The van der Waals surface area contributed by atoms with Gasteiger partial charge in [0.2, 0.25) is 0 Å². The maximum Gasteiger partial charge on any atom is 0.142 e. The van der Waals surface area contributed by atoms with Gasteiger partial charge in [-0.15, -0.1) is 0 Å². The molecule has 0 aliphatic heterocycles. The van der Waals surface area contributed by atoms with Gasteiger partial charge in [-0.3, -0.25) is 0 Å². The number of methoxy groups -OCH3 is 1. The van der Waals surface area contributed by atoms with Crippen molar-refractivity contribution in [3.63, 3.8) is 0 Å². The molecule has 4 heteroatoms. The van der Waals surface area contributed by atoms with Crippen LogP contribution in [0.1, 0.15) is 5.56 Å². The van der Waals surface area contributed by atoms with Crippen molar-refractivity contribution in [2.24, 2.45) is 5.73 Å². The lowest BCUT2D eigenvalue weighted by molar-refractivity contribution is 0.417. The Balaban J connectivity index is 2.81. The molecule has 0 bridgehead atoms. The third-order valence-corrected chi connectivity index (χ3v) is 2.88. The molecular weight excluding hydrogens is 244 g/mol. The fourth-order valence-electron chi connectivity index (χ4n) is 1.59. The normalized spacial score (nSPS) is 10.8. The molecule has 2 aromatic rings. The molecule has 14 heavy (non-hydrogen) atoms. The minimum absolute atomic E-state index is 0.507. The number of benzene rings is 1. The molecule has 0 aliphatic carbocycles. The summed E-state index contributed by atoms with van der Waals surface area (Å²) in [5.41, 5.74) is 7.76. The molecule has 1 aromatic heterocycles. The predicted molar refractivity (Wildman–Crippen MR) is 60.4 cm³/mol. The van der Waals surface area contributed by atoms with Gasteiger partial charge in [-0.05, 0) is 33.6 Å². The fraction of sp³-hybridized carbons (Fsp3) is 0.200. The number of aromatic amines is 1. The van der Waals surface area contributed by atoms with Gasteiger partial charge in [0, 0.05) is 23.6 Å². The molecule has 3 nitrogen and oxygen atoms in total. The minimum atomic E-state index is 0.507. The van der Waals surface area contributed by atoms with E-state index in [2.05, 4.69) is 20.9 Å². The Morgan fingerprint density at radius 3 is 2.93 bits per heavy atom. The maximum absolute atomic E-state index is 5.64. The summed E-state index contributed by atoms with van der Waals surface area (Å²) in [4.78, 5) is 3.16. The maximum atomic E-state index is 5.64. The van der Waals surface area contributed by atoms with Gasteiger partial charge in [-0.1, -0.05) is 0 Å². The van der Waals surface area contributed by atoms with Gasteiger partial charge >= 0.3 is 0 Å². The number of fused-ring (bicyclic) bond motifs is 1. The van der Waals surface area contributed by atoms with Gasteiger partial charge in [-0.2, -0.15) is 0 Å². The van der Waals surface area contributed by atoms with E-state index in [1.807, 2.05) is 18.3 Å². The summed E-state index contributed by atoms with van der Waals surface area (Å²) in [6, 6.07) is 3.96. The molecule has 0 saturated heterocycles. The average molecular weight is 255 g/mol. The van der Waals surface area contributed by atoms with Crippen LogP contribution in [0.2, 0.25) is 0 Å². The first kappa shape index (κ1) is 9.55. The zero-order chi connectivity index (χ0) is 10.1. The Morgan fingerprint density at radius 2 is 2.29 bits per heavy atom. The Hall–Kier alpha value is -1.00. The first-order chi connectivity index (χ1) is 6.77. The van der Waals surface area contributed by atoms with Crippen LogP contribution in [0, 0.1) is 0 Å². The van der Waals surface area contributed by atoms with E-state index in [0.29, 0.717) is 6.54 Å². The van der Waals surface area contributed by atoms with Crippen LogP contribution in [-0.4, -0.2) is 12.1 Å². The largest absolute Gasteiger partial charge is 0.495 e. The smallest absolute Gasteiger partial charge is 0.142 e. The summed E-state index contributed by atoms with van der Waals surface area (Å²) in [6.07, 6.45) is 1.92. The van der Waals surface area contributed by atoms with Gasteiger partial charge in [0.25, 0.3) is 0 Å². The van der Waals surface area contributed by atoms with E-state index in [1.165, 1.54) is 0 Å². The molecule has 0 atom stereocenters. The van der Waals surface area contributed by atoms with Crippen molar-refractivity contribution < 1.29 is 4.74 Å². The molecule has 2 rings (SSSR count). The number of hydrogen-bond acceptors (Lipinski definition) is 2. The molecule has 0 aliphatic rings. The highest BCUT2D eigenvalue weighted by Crippen LogP contribution is 2.35. The highest BCUT2D eigenvalue weighted by molar-refractivity contribution is 9.10. The van der Waals surface area contributed by atoms with Crippen molar-refractivity contribution >= 4 is 26.8 Å². The molecule has 0 spiro atoms. The Bertz CT molecular complexity index is 464. The molecule has 1 heterocycles. The number of hydrogen-bond donors (Lipinski definition) is 2. The van der Waals surface area contributed by atoms with Crippen molar-refractivity contribution in [1.82, 2.24) is 4.98 Å². The lowest BCUT2D eigenvalue weighted by atomic mass is 10.1. The Kier molecular flexibility index (Phi) is 2.48. The first-order valence-electron chi connectivity index (χ1n) is 4.30. The van der Waals surface area contributed by atoms with Crippen molar-refractivity contribution in [3.05, 3.63) is 28.4 Å². The molecular formula is C10H11BrN2O. The zero-order valence-electron chi connectivity index (χ0n) is 7.80. The van der Waals surface area contributed by atoms with Crippen LogP contribution in [0.15, 0.2) is 22.8 Å². The topological polar surface area (TPSA) is 51.0 Å². The second-order valence-corrected chi connectivity index (χ2v) is 3.88. The number of halogens is 1. The van der Waals surface area contributed by atoms with E-state index < -0.39 is 0 Å². The molecule has 0 fully saturated rings. The predicted octanol–water partition coefficient (Wildman–Crippen LogP) is 2.40. The second kappa shape index (κ2) is 3.63. The summed E-state index contributed by atoms with van der Waals surface area (Å²) in [5, 5.41) is 1.06. The molecule has 74 valence electrons. The fourth-order valence-corrected chi connectivity index (χ4v) is 2.09. The number of aromatic nitrogens is 1. The first-order valence-corrected chi connectivity index (χ1v) is 5.09. The van der Waals surface area contributed by atoms with Crippen LogP contribution in [0.3, 0.4) is 0 Å². The molecule has 0 amide bonds. The van der Waals surface area contributed by atoms with Gasteiger partial charge in [0.1, 0.15) is 5.75 Å². The average Bonchev–Trinajstić information content (AvgIpc) is 2.61. The summed E-state index contributed by atoms with van der Waals surface area (Å²) in [6.45, 7) is 0.507. The number of ether oxygens (including phenoxy) is 1. The Labute approximate surface area is 90.4 Å². The van der Waals surface area contributed by atoms with Crippen molar-refractivity contribution in [2.75, 3.05) is 7.11 Å².